The summed E-state index contributed by atoms with van der Waals surface area (Å²) >= 11 is 0. The molecule has 7 nitrogen and oxygen atoms in total. The molecule has 2 aromatic carbocycles. The summed E-state index contributed by atoms with van der Waals surface area (Å²) in [5.74, 6) is -0.338. The van der Waals surface area contributed by atoms with Crippen molar-refractivity contribution in [2.24, 2.45) is 12.1 Å². The Balaban J connectivity index is 1.39. The molecule has 1 aliphatic rings. The van der Waals surface area contributed by atoms with Crippen molar-refractivity contribution in [3.8, 4) is 11.3 Å². The van der Waals surface area contributed by atoms with E-state index in [4.69, 9.17) is 0 Å². The van der Waals surface area contributed by atoms with E-state index < -0.39 is 0 Å². The van der Waals surface area contributed by atoms with Crippen molar-refractivity contribution in [2.45, 2.75) is 26.7 Å². The number of H-pyrrole nitrogens is 1. The Bertz CT molecular complexity index is 1320. The third-order valence-corrected chi connectivity index (χ3v) is 5.90. The molecule has 2 heterocycles. The van der Waals surface area contributed by atoms with Crippen LogP contribution >= 0.6 is 0 Å². The minimum absolute atomic E-state index is 0.338. The van der Waals surface area contributed by atoms with E-state index in [0.29, 0.717) is 5.69 Å². The first kappa shape index (κ1) is 18.3. The second-order valence-corrected chi connectivity index (χ2v) is 7.69. The highest BCUT2D eigenvalue weighted by molar-refractivity contribution is 6.02. The molecule has 1 aliphatic carbocycles. The summed E-state index contributed by atoms with van der Waals surface area (Å²) in [6.45, 7) is 3.87. The van der Waals surface area contributed by atoms with E-state index in [2.05, 4.69) is 56.2 Å². The number of aryl methyl sites for hydroxylation is 4. The molecule has 0 fully saturated rings. The second kappa shape index (κ2) is 6.95. The maximum Gasteiger partial charge on any atom is 0.289 e. The van der Waals surface area contributed by atoms with Crippen LogP contribution in [0, 0.1) is 13.8 Å². The zero-order chi connectivity index (χ0) is 20.8. The van der Waals surface area contributed by atoms with Gasteiger partial charge in [-0.05, 0) is 54.7 Å². The van der Waals surface area contributed by atoms with E-state index in [1.165, 1.54) is 21.9 Å². The van der Waals surface area contributed by atoms with Crippen molar-refractivity contribution in [3.63, 3.8) is 0 Å². The number of hydrogen-bond donors (Lipinski definition) is 2. The van der Waals surface area contributed by atoms with Crippen molar-refractivity contribution in [1.29, 1.82) is 0 Å². The monoisotopic (exact) mass is 398 g/mol. The van der Waals surface area contributed by atoms with Gasteiger partial charge in [-0.15, -0.1) is 0 Å². The van der Waals surface area contributed by atoms with Crippen LogP contribution in [0.25, 0.3) is 22.0 Å². The molecule has 0 atom stereocenters. The smallest absolute Gasteiger partial charge is 0.272 e. The van der Waals surface area contributed by atoms with E-state index in [0.717, 1.165) is 41.1 Å². The number of rotatable bonds is 4. The van der Waals surface area contributed by atoms with E-state index in [-0.39, 0.29) is 5.91 Å². The van der Waals surface area contributed by atoms with Gasteiger partial charge in [0.15, 0.2) is 0 Å². The molecular formula is C23H22N6O. The largest absolute Gasteiger partial charge is 0.289 e. The van der Waals surface area contributed by atoms with Gasteiger partial charge in [0.1, 0.15) is 5.69 Å². The van der Waals surface area contributed by atoms with Crippen LogP contribution in [0.15, 0.2) is 41.5 Å². The molecule has 5 rings (SSSR count). The van der Waals surface area contributed by atoms with Gasteiger partial charge in [0.05, 0.1) is 17.6 Å². The Hall–Kier alpha value is -3.74. The van der Waals surface area contributed by atoms with E-state index in [9.17, 15) is 4.79 Å². The number of benzene rings is 2. The van der Waals surface area contributed by atoms with Crippen molar-refractivity contribution < 1.29 is 4.79 Å². The van der Waals surface area contributed by atoms with Crippen LogP contribution in [0.5, 0.6) is 0 Å². The molecule has 150 valence electrons. The molecule has 2 N–H and O–H groups in total. The number of hydrazone groups is 1. The Kier molecular flexibility index (Phi) is 4.24. The molecule has 0 unspecified atom stereocenters. The first-order valence-electron chi connectivity index (χ1n) is 9.96. The summed E-state index contributed by atoms with van der Waals surface area (Å²) in [5.41, 5.74) is 10.2. The van der Waals surface area contributed by atoms with Crippen LogP contribution in [0.2, 0.25) is 0 Å². The van der Waals surface area contributed by atoms with Gasteiger partial charge in [-0.3, -0.25) is 14.6 Å². The average molecular weight is 398 g/mol. The standard InChI is InChI=1S/C23H22N6O/c1-13-19(14(2)29(3)28-13)12-24-27-23(30)21-11-20(25-26-21)17-10-9-16-8-7-15-5-4-6-18(17)22(15)16/h4-6,9-12H,7-8H2,1-3H3,(H,25,26)(H,27,30). The number of amides is 1. The lowest BCUT2D eigenvalue weighted by molar-refractivity contribution is 0.0950. The Morgan fingerprint density at radius 3 is 2.77 bits per heavy atom. The minimum atomic E-state index is -0.338. The third-order valence-electron chi connectivity index (χ3n) is 5.90. The second-order valence-electron chi connectivity index (χ2n) is 7.69. The topological polar surface area (TPSA) is 88.0 Å². The normalized spacial score (nSPS) is 12.9. The lowest BCUT2D eigenvalue weighted by Gasteiger charge is -2.06. The molecule has 0 spiro atoms. The Morgan fingerprint density at radius 2 is 2.00 bits per heavy atom. The van der Waals surface area contributed by atoms with Gasteiger partial charge >= 0.3 is 0 Å². The molecule has 30 heavy (non-hydrogen) atoms. The van der Waals surface area contributed by atoms with E-state index >= 15 is 0 Å². The fourth-order valence-electron chi connectivity index (χ4n) is 4.24. The van der Waals surface area contributed by atoms with Crippen molar-refractivity contribution in [2.75, 3.05) is 0 Å². The highest BCUT2D eigenvalue weighted by Crippen LogP contribution is 2.36. The summed E-state index contributed by atoms with van der Waals surface area (Å²) in [6.07, 6.45) is 3.78. The van der Waals surface area contributed by atoms with Crippen LogP contribution in [0.4, 0.5) is 0 Å². The number of aromatic amines is 1. The summed E-state index contributed by atoms with van der Waals surface area (Å²) < 4.78 is 1.79. The molecule has 1 amide bonds. The molecule has 0 saturated carbocycles. The SMILES string of the molecule is Cc1nn(C)c(C)c1C=NNC(=O)c1cc(-c2ccc3c4c(cccc24)CC3)n[nH]1. The zero-order valence-corrected chi connectivity index (χ0v) is 17.2. The molecule has 0 bridgehead atoms. The van der Waals surface area contributed by atoms with E-state index in [1.54, 1.807) is 17.0 Å². The first-order chi connectivity index (χ1) is 14.5. The highest BCUT2D eigenvalue weighted by atomic mass is 16.2. The molecule has 0 saturated heterocycles. The number of carbonyl (C=O) groups excluding carboxylic acids is 1. The third kappa shape index (κ3) is 2.90. The average Bonchev–Trinajstić information content (AvgIpc) is 3.44. The molecule has 2 aromatic heterocycles. The molecule has 7 heteroatoms. The summed E-state index contributed by atoms with van der Waals surface area (Å²) in [5, 5.41) is 18.2. The molecule has 0 radical (unpaired) electrons. The number of nitrogens with zero attached hydrogens (tertiary/aromatic N) is 4. The molecule has 0 aliphatic heterocycles. The quantitative estimate of drug-likeness (QED) is 0.408. The van der Waals surface area contributed by atoms with Crippen molar-refractivity contribution >= 4 is 22.9 Å². The van der Waals surface area contributed by atoms with Gasteiger partial charge in [0, 0.05) is 23.9 Å². The Morgan fingerprint density at radius 1 is 1.20 bits per heavy atom. The van der Waals surface area contributed by atoms with Gasteiger partial charge in [0.2, 0.25) is 0 Å². The zero-order valence-electron chi connectivity index (χ0n) is 17.2. The van der Waals surface area contributed by atoms with Gasteiger partial charge in [-0.1, -0.05) is 30.3 Å². The van der Waals surface area contributed by atoms with Gasteiger partial charge < -0.3 is 0 Å². The van der Waals surface area contributed by atoms with Crippen LogP contribution in [-0.4, -0.2) is 32.1 Å². The van der Waals surface area contributed by atoms with Crippen molar-refractivity contribution in [1.82, 2.24) is 25.4 Å². The van der Waals surface area contributed by atoms with Gasteiger partial charge in [0.25, 0.3) is 5.91 Å². The predicted molar refractivity (Wildman–Crippen MR) is 117 cm³/mol. The maximum atomic E-state index is 12.5. The fourth-order valence-corrected chi connectivity index (χ4v) is 4.24. The van der Waals surface area contributed by atoms with Gasteiger partial charge in [-0.2, -0.15) is 15.3 Å². The minimum Gasteiger partial charge on any atom is -0.272 e. The lowest BCUT2D eigenvalue weighted by atomic mass is 9.98. The lowest BCUT2D eigenvalue weighted by Crippen LogP contribution is -2.18. The van der Waals surface area contributed by atoms with Crippen molar-refractivity contribution in [3.05, 3.63) is 70.2 Å². The maximum absolute atomic E-state index is 12.5. The molecule has 4 aromatic rings. The first-order valence-corrected chi connectivity index (χ1v) is 9.96. The highest BCUT2D eigenvalue weighted by Gasteiger charge is 2.18. The predicted octanol–water partition coefficient (Wildman–Crippen LogP) is 3.44. The fraction of sp³-hybridized carbons (Fsp3) is 0.217. The number of hydrogen-bond acceptors (Lipinski definition) is 4. The van der Waals surface area contributed by atoms with Crippen LogP contribution < -0.4 is 5.43 Å². The number of nitrogens with one attached hydrogen (secondary N) is 2. The molecular weight excluding hydrogens is 376 g/mol. The number of aromatic nitrogens is 4. The van der Waals surface area contributed by atoms with Crippen LogP contribution in [0.3, 0.4) is 0 Å². The summed E-state index contributed by atoms with van der Waals surface area (Å²) in [4.78, 5) is 12.5. The van der Waals surface area contributed by atoms with E-state index in [1.807, 2.05) is 20.9 Å². The summed E-state index contributed by atoms with van der Waals surface area (Å²) in [7, 11) is 1.88. The van der Waals surface area contributed by atoms with Gasteiger partial charge in [-0.25, -0.2) is 5.43 Å². The van der Waals surface area contributed by atoms with Crippen LogP contribution in [0.1, 0.15) is 38.6 Å². The Labute approximate surface area is 173 Å². The van der Waals surface area contributed by atoms with Crippen LogP contribution in [-0.2, 0) is 19.9 Å². The number of carbonyl (C=O) groups is 1. The summed E-state index contributed by atoms with van der Waals surface area (Å²) in [6, 6.07) is 12.4.